The molecule has 16 heavy (non-hydrogen) atoms. The zero-order chi connectivity index (χ0) is 12.6. The molecule has 3 heteroatoms. The molecule has 0 saturated heterocycles. The maximum Gasteiger partial charge on any atom is 0.328 e. The first-order valence-corrected chi connectivity index (χ1v) is 8.13. The van der Waals surface area contributed by atoms with Crippen LogP contribution in [-0.4, -0.2) is 21.5 Å². The Morgan fingerprint density at radius 1 is 1.00 bits per heavy atom. The van der Waals surface area contributed by atoms with Gasteiger partial charge < -0.3 is 8.85 Å². The van der Waals surface area contributed by atoms with Crippen molar-refractivity contribution in [1.82, 2.24) is 0 Å². The molecule has 0 aliphatic rings. The van der Waals surface area contributed by atoms with Gasteiger partial charge in [0.15, 0.2) is 0 Å². The molecule has 0 bridgehead atoms. The molecule has 0 N–H and O–H groups in total. The lowest BCUT2D eigenvalue weighted by Crippen LogP contribution is -2.34. The molecule has 96 valence electrons. The Morgan fingerprint density at radius 2 is 1.44 bits per heavy atom. The number of rotatable bonds is 9. The summed E-state index contributed by atoms with van der Waals surface area (Å²) in [6.45, 7) is 14.6. The fourth-order valence-corrected chi connectivity index (χ4v) is 3.73. The Hall–Kier alpha value is -0.123. The molecule has 3 unspecified atom stereocenters. The minimum Gasteiger partial charge on any atom is -0.393 e. The predicted molar refractivity (Wildman–Crippen MR) is 73.1 cm³/mol. The molecule has 2 nitrogen and oxygen atoms in total. The van der Waals surface area contributed by atoms with Gasteiger partial charge in [0.05, 0.1) is 0 Å². The van der Waals surface area contributed by atoms with Gasteiger partial charge in [-0.15, -0.1) is 6.58 Å². The van der Waals surface area contributed by atoms with Gasteiger partial charge in [0.1, 0.15) is 0 Å². The monoisotopic (exact) mass is 244 g/mol. The second kappa shape index (κ2) is 8.96. The van der Waals surface area contributed by atoms with E-state index in [-0.39, 0.29) is 0 Å². The third-order valence-corrected chi connectivity index (χ3v) is 5.91. The first-order chi connectivity index (χ1) is 7.58. The lowest BCUT2D eigenvalue weighted by atomic mass is 10.3. The average Bonchev–Trinajstić information content (AvgIpc) is 2.29. The minimum absolute atomic E-state index is 0.301. The van der Waals surface area contributed by atoms with Crippen LogP contribution in [0.1, 0.15) is 53.9 Å². The van der Waals surface area contributed by atoms with E-state index in [2.05, 4.69) is 41.2 Å². The molecular weight excluding hydrogens is 216 g/mol. The average molecular weight is 244 g/mol. The van der Waals surface area contributed by atoms with E-state index in [9.17, 15) is 0 Å². The van der Waals surface area contributed by atoms with Crippen LogP contribution in [0.25, 0.3) is 0 Å². The lowest BCUT2D eigenvalue weighted by molar-refractivity contribution is 0.106. The molecule has 0 spiro atoms. The zero-order valence-corrected chi connectivity index (χ0v) is 12.7. The quantitative estimate of drug-likeness (QED) is 0.454. The summed E-state index contributed by atoms with van der Waals surface area (Å²) < 4.78 is 12.1. The molecule has 0 fully saturated rings. The van der Waals surface area contributed by atoms with Gasteiger partial charge in [-0.3, -0.25) is 0 Å². The Labute approximate surface area is 103 Å². The van der Waals surface area contributed by atoms with Crippen LogP contribution in [0.3, 0.4) is 0 Å². The SMILES string of the molecule is C=CC(CC)[SiH](OC(C)CC)OC(C)CC. The van der Waals surface area contributed by atoms with Gasteiger partial charge in [-0.25, -0.2) is 0 Å². The van der Waals surface area contributed by atoms with E-state index in [1.165, 1.54) is 0 Å². The van der Waals surface area contributed by atoms with Crippen LogP contribution in [0.5, 0.6) is 0 Å². The molecule has 0 radical (unpaired) electrons. The number of allylic oxidation sites excluding steroid dienone is 1. The normalized spacial score (nSPS) is 18.8. The smallest absolute Gasteiger partial charge is 0.328 e. The summed E-state index contributed by atoms with van der Waals surface area (Å²) in [5.74, 6) is 0. The first kappa shape index (κ1) is 15.9. The van der Waals surface area contributed by atoms with Gasteiger partial charge in [0, 0.05) is 17.7 Å². The van der Waals surface area contributed by atoms with Crippen LogP contribution in [-0.2, 0) is 8.85 Å². The van der Waals surface area contributed by atoms with Gasteiger partial charge >= 0.3 is 9.28 Å². The molecule has 0 aromatic heterocycles. The van der Waals surface area contributed by atoms with E-state index < -0.39 is 9.28 Å². The van der Waals surface area contributed by atoms with Crippen molar-refractivity contribution in [2.75, 3.05) is 0 Å². The Bertz CT molecular complexity index is 173. The highest BCUT2D eigenvalue weighted by molar-refractivity contribution is 6.47. The Kier molecular flexibility index (Phi) is 8.90. The number of hydrogen-bond donors (Lipinski definition) is 0. The predicted octanol–water partition coefficient (Wildman–Crippen LogP) is 3.80. The highest BCUT2D eigenvalue weighted by Crippen LogP contribution is 2.21. The van der Waals surface area contributed by atoms with Crippen molar-refractivity contribution in [3.63, 3.8) is 0 Å². The van der Waals surface area contributed by atoms with E-state index >= 15 is 0 Å². The largest absolute Gasteiger partial charge is 0.393 e. The van der Waals surface area contributed by atoms with Gasteiger partial charge in [0.25, 0.3) is 0 Å². The van der Waals surface area contributed by atoms with Crippen molar-refractivity contribution in [2.24, 2.45) is 0 Å². The fraction of sp³-hybridized carbons (Fsp3) is 0.846. The van der Waals surface area contributed by atoms with Crippen LogP contribution < -0.4 is 0 Å². The standard InChI is InChI=1S/C13H28O2Si/c1-7-11(5)14-16(13(9-3)10-4)15-12(6)8-2/h9,11-13,16H,3,7-8,10H2,1-2,4-6H3. The summed E-state index contributed by atoms with van der Waals surface area (Å²) in [4.78, 5) is 0. The maximum atomic E-state index is 6.06. The molecule has 0 aliphatic carbocycles. The van der Waals surface area contributed by atoms with Crippen LogP contribution in [0, 0.1) is 0 Å². The topological polar surface area (TPSA) is 18.5 Å². The van der Waals surface area contributed by atoms with Crippen molar-refractivity contribution in [1.29, 1.82) is 0 Å². The van der Waals surface area contributed by atoms with E-state index in [1.807, 2.05) is 6.08 Å². The molecule has 0 aromatic rings. The van der Waals surface area contributed by atoms with Gasteiger partial charge in [0.2, 0.25) is 0 Å². The number of hydrogen-bond acceptors (Lipinski definition) is 2. The highest BCUT2D eigenvalue weighted by Gasteiger charge is 2.25. The van der Waals surface area contributed by atoms with Gasteiger partial charge in [-0.1, -0.05) is 26.8 Å². The van der Waals surface area contributed by atoms with Crippen molar-refractivity contribution in [2.45, 2.75) is 71.6 Å². The summed E-state index contributed by atoms with van der Waals surface area (Å²) >= 11 is 0. The van der Waals surface area contributed by atoms with E-state index in [0.29, 0.717) is 17.7 Å². The third-order valence-electron chi connectivity index (χ3n) is 3.01. The summed E-state index contributed by atoms with van der Waals surface area (Å²) in [7, 11) is -1.62. The van der Waals surface area contributed by atoms with Gasteiger partial charge in [-0.2, -0.15) is 0 Å². The van der Waals surface area contributed by atoms with Crippen molar-refractivity contribution in [3.05, 3.63) is 12.7 Å². The van der Waals surface area contributed by atoms with Crippen LogP contribution >= 0.6 is 0 Å². The summed E-state index contributed by atoms with van der Waals surface area (Å²) in [6.07, 6.45) is 5.75. The van der Waals surface area contributed by atoms with Crippen molar-refractivity contribution in [3.8, 4) is 0 Å². The molecule has 0 aromatic carbocycles. The van der Waals surface area contributed by atoms with Crippen LogP contribution in [0.15, 0.2) is 12.7 Å². The van der Waals surface area contributed by atoms with Gasteiger partial charge in [-0.05, 0) is 33.1 Å². The molecule has 0 rings (SSSR count). The molecule has 0 saturated carbocycles. The van der Waals surface area contributed by atoms with E-state index in [4.69, 9.17) is 8.85 Å². The fourth-order valence-electron chi connectivity index (χ4n) is 1.35. The summed E-state index contributed by atoms with van der Waals surface area (Å²) in [6, 6.07) is 0. The summed E-state index contributed by atoms with van der Waals surface area (Å²) in [5.41, 5.74) is 0.419. The molecule has 0 amide bonds. The Morgan fingerprint density at radius 3 is 1.69 bits per heavy atom. The molecular formula is C13H28O2Si. The van der Waals surface area contributed by atoms with Crippen molar-refractivity contribution < 1.29 is 8.85 Å². The maximum absolute atomic E-state index is 6.06. The Balaban J connectivity index is 4.41. The van der Waals surface area contributed by atoms with Crippen LogP contribution in [0.4, 0.5) is 0 Å². The second-order valence-corrected chi connectivity index (χ2v) is 6.52. The molecule has 0 heterocycles. The van der Waals surface area contributed by atoms with E-state index in [0.717, 1.165) is 19.3 Å². The lowest BCUT2D eigenvalue weighted by Gasteiger charge is -2.27. The summed E-state index contributed by atoms with van der Waals surface area (Å²) in [5, 5.41) is 0. The second-order valence-electron chi connectivity index (χ2n) is 4.39. The highest BCUT2D eigenvalue weighted by atomic mass is 28.3. The van der Waals surface area contributed by atoms with E-state index in [1.54, 1.807) is 0 Å². The van der Waals surface area contributed by atoms with Crippen LogP contribution in [0.2, 0.25) is 5.54 Å². The first-order valence-electron chi connectivity index (χ1n) is 6.52. The minimum atomic E-state index is -1.62. The van der Waals surface area contributed by atoms with Crippen molar-refractivity contribution >= 4 is 9.28 Å². The zero-order valence-electron chi connectivity index (χ0n) is 11.5. The molecule has 3 atom stereocenters. The molecule has 0 aliphatic heterocycles. The third kappa shape index (κ3) is 5.82.